The molecule has 2 nitrogen and oxygen atoms in total. The Hall–Kier alpha value is -0.540. The first-order chi connectivity index (χ1) is 9.20. The third-order valence-corrected chi connectivity index (χ3v) is 4.89. The van der Waals surface area contributed by atoms with E-state index in [1.54, 1.807) is 7.11 Å². The maximum absolute atomic E-state index is 5.32. The molecule has 3 heteroatoms. The standard InChI is InChI=1S/C16H24BrNO/c1-18(14-7-5-3-4-6-8-14)12-13-11-15(19-2)9-10-16(13)17/h9-11,14H,3-8,12H2,1-2H3. The fourth-order valence-electron chi connectivity index (χ4n) is 2.90. The number of halogens is 1. The molecule has 19 heavy (non-hydrogen) atoms. The van der Waals surface area contributed by atoms with E-state index < -0.39 is 0 Å². The van der Waals surface area contributed by atoms with Crippen molar-refractivity contribution in [2.45, 2.75) is 51.1 Å². The molecule has 0 aromatic heterocycles. The third kappa shape index (κ3) is 4.22. The molecule has 1 saturated carbocycles. The van der Waals surface area contributed by atoms with Crippen molar-refractivity contribution in [3.63, 3.8) is 0 Å². The van der Waals surface area contributed by atoms with Crippen LogP contribution >= 0.6 is 15.9 Å². The molecule has 0 amide bonds. The Morgan fingerprint density at radius 1 is 1.21 bits per heavy atom. The van der Waals surface area contributed by atoms with Crippen molar-refractivity contribution in [1.29, 1.82) is 0 Å². The van der Waals surface area contributed by atoms with Gasteiger partial charge in [0.2, 0.25) is 0 Å². The van der Waals surface area contributed by atoms with Crippen LogP contribution in [0.25, 0.3) is 0 Å². The first kappa shape index (κ1) is 14.9. The zero-order chi connectivity index (χ0) is 13.7. The molecular formula is C16H24BrNO. The predicted molar refractivity (Wildman–Crippen MR) is 83.7 cm³/mol. The second kappa shape index (κ2) is 7.30. The van der Waals surface area contributed by atoms with E-state index in [-0.39, 0.29) is 0 Å². The molecule has 1 fully saturated rings. The van der Waals surface area contributed by atoms with Gasteiger partial charge in [-0.2, -0.15) is 0 Å². The third-order valence-electron chi connectivity index (χ3n) is 4.12. The summed E-state index contributed by atoms with van der Waals surface area (Å²) < 4.78 is 6.49. The highest BCUT2D eigenvalue weighted by Crippen LogP contribution is 2.26. The minimum atomic E-state index is 0.737. The Kier molecular flexibility index (Phi) is 5.71. The molecule has 1 aromatic rings. The summed E-state index contributed by atoms with van der Waals surface area (Å²) in [5.74, 6) is 0.937. The lowest BCUT2D eigenvalue weighted by Gasteiger charge is -2.27. The number of rotatable bonds is 4. The van der Waals surface area contributed by atoms with Crippen LogP contribution in [0.15, 0.2) is 22.7 Å². The van der Waals surface area contributed by atoms with Gasteiger partial charge in [0.05, 0.1) is 7.11 Å². The molecule has 0 spiro atoms. The Labute approximate surface area is 125 Å². The van der Waals surface area contributed by atoms with Gasteiger partial charge in [0.1, 0.15) is 5.75 Å². The number of nitrogens with zero attached hydrogens (tertiary/aromatic N) is 1. The van der Waals surface area contributed by atoms with Gasteiger partial charge in [-0.3, -0.25) is 4.90 Å². The molecule has 106 valence electrons. The average Bonchev–Trinajstić information content (AvgIpc) is 2.70. The number of benzene rings is 1. The summed E-state index contributed by atoms with van der Waals surface area (Å²) in [6.45, 7) is 0.989. The van der Waals surface area contributed by atoms with Crippen molar-refractivity contribution in [1.82, 2.24) is 4.90 Å². The summed E-state index contributed by atoms with van der Waals surface area (Å²) in [6, 6.07) is 6.95. The summed E-state index contributed by atoms with van der Waals surface area (Å²) in [5, 5.41) is 0. The Balaban J connectivity index is 2.02. The summed E-state index contributed by atoms with van der Waals surface area (Å²) in [4.78, 5) is 2.50. The van der Waals surface area contributed by atoms with Gasteiger partial charge < -0.3 is 4.74 Å². The van der Waals surface area contributed by atoms with E-state index in [2.05, 4.69) is 40.0 Å². The van der Waals surface area contributed by atoms with Gasteiger partial charge in [0.15, 0.2) is 0 Å². The maximum atomic E-state index is 5.32. The van der Waals surface area contributed by atoms with Gasteiger partial charge in [0, 0.05) is 17.1 Å². The number of ether oxygens (including phenoxy) is 1. The minimum Gasteiger partial charge on any atom is -0.497 e. The van der Waals surface area contributed by atoms with Gasteiger partial charge in [-0.1, -0.05) is 41.6 Å². The maximum Gasteiger partial charge on any atom is 0.119 e. The normalized spacial score (nSPS) is 17.5. The van der Waals surface area contributed by atoms with Crippen LogP contribution in [-0.2, 0) is 6.54 Å². The zero-order valence-electron chi connectivity index (χ0n) is 12.0. The summed E-state index contributed by atoms with van der Waals surface area (Å²) >= 11 is 3.65. The average molecular weight is 326 g/mol. The van der Waals surface area contributed by atoms with Gasteiger partial charge in [0.25, 0.3) is 0 Å². The second-order valence-corrected chi connectivity index (χ2v) is 6.37. The van der Waals surface area contributed by atoms with E-state index in [0.717, 1.165) is 18.3 Å². The monoisotopic (exact) mass is 325 g/mol. The first-order valence-corrected chi connectivity index (χ1v) is 8.02. The lowest BCUT2D eigenvalue weighted by molar-refractivity contribution is 0.212. The molecule has 0 N–H and O–H groups in total. The minimum absolute atomic E-state index is 0.737. The van der Waals surface area contributed by atoms with Crippen molar-refractivity contribution < 1.29 is 4.74 Å². The van der Waals surface area contributed by atoms with E-state index in [4.69, 9.17) is 4.74 Å². The van der Waals surface area contributed by atoms with Crippen LogP contribution in [0, 0.1) is 0 Å². The second-order valence-electron chi connectivity index (χ2n) is 5.52. The highest BCUT2D eigenvalue weighted by Gasteiger charge is 2.17. The van der Waals surface area contributed by atoms with Crippen molar-refractivity contribution in [2.24, 2.45) is 0 Å². The first-order valence-electron chi connectivity index (χ1n) is 7.23. The predicted octanol–water partition coefficient (Wildman–Crippen LogP) is 4.61. The van der Waals surface area contributed by atoms with Crippen molar-refractivity contribution in [3.05, 3.63) is 28.2 Å². The zero-order valence-corrected chi connectivity index (χ0v) is 13.6. The van der Waals surface area contributed by atoms with E-state index >= 15 is 0 Å². The van der Waals surface area contributed by atoms with Crippen LogP contribution in [0.4, 0.5) is 0 Å². The van der Waals surface area contributed by atoms with Crippen LogP contribution in [0.3, 0.4) is 0 Å². The fourth-order valence-corrected chi connectivity index (χ4v) is 3.27. The van der Waals surface area contributed by atoms with Gasteiger partial charge in [-0.15, -0.1) is 0 Å². The van der Waals surface area contributed by atoms with Gasteiger partial charge in [-0.25, -0.2) is 0 Å². The number of hydrogen-bond donors (Lipinski definition) is 0. The van der Waals surface area contributed by atoms with Crippen LogP contribution in [0.1, 0.15) is 44.1 Å². The number of hydrogen-bond acceptors (Lipinski definition) is 2. The molecule has 0 bridgehead atoms. The van der Waals surface area contributed by atoms with Crippen LogP contribution < -0.4 is 4.74 Å². The van der Waals surface area contributed by atoms with Gasteiger partial charge in [-0.05, 0) is 43.7 Å². The van der Waals surface area contributed by atoms with Gasteiger partial charge >= 0.3 is 0 Å². The molecule has 1 aliphatic rings. The van der Waals surface area contributed by atoms with Crippen molar-refractivity contribution in [3.8, 4) is 5.75 Å². The number of methoxy groups -OCH3 is 1. The lowest BCUT2D eigenvalue weighted by Crippen LogP contribution is -2.30. The fraction of sp³-hybridized carbons (Fsp3) is 0.625. The summed E-state index contributed by atoms with van der Waals surface area (Å²) in [6.07, 6.45) is 8.28. The quantitative estimate of drug-likeness (QED) is 0.749. The van der Waals surface area contributed by atoms with E-state index in [1.165, 1.54) is 48.6 Å². The van der Waals surface area contributed by atoms with Crippen molar-refractivity contribution in [2.75, 3.05) is 14.2 Å². The topological polar surface area (TPSA) is 12.5 Å². The Morgan fingerprint density at radius 3 is 2.53 bits per heavy atom. The molecule has 1 aromatic carbocycles. The molecule has 0 radical (unpaired) electrons. The lowest BCUT2D eigenvalue weighted by atomic mass is 10.1. The van der Waals surface area contributed by atoms with E-state index in [9.17, 15) is 0 Å². The molecule has 0 aliphatic heterocycles. The van der Waals surface area contributed by atoms with E-state index in [0.29, 0.717) is 0 Å². The van der Waals surface area contributed by atoms with Crippen molar-refractivity contribution >= 4 is 15.9 Å². The molecule has 0 atom stereocenters. The molecule has 0 heterocycles. The molecular weight excluding hydrogens is 302 g/mol. The SMILES string of the molecule is COc1ccc(Br)c(CN(C)C2CCCCCC2)c1. The highest BCUT2D eigenvalue weighted by atomic mass is 79.9. The largest absolute Gasteiger partial charge is 0.497 e. The Bertz CT molecular complexity index is 400. The van der Waals surface area contributed by atoms with Crippen LogP contribution in [0.5, 0.6) is 5.75 Å². The summed E-state index contributed by atoms with van der Waals surface area (Å²) in [7, 11) is 3.98. The molecule has 2 rings (SSSR count). The smallest absolute Gasteiger partial charge is 0.119 e. The van der Waals surface area contributed by atoms with Crippen LogP contribution in [0.2, 0.25) is 0 Å². The van der Waals surface area contributed by atoms with E-state index in [1.807, 2.05) is 6.07 Å². The molecule has 0 saturated heterocycles. The molecule has 1 aliphatic carbocycles. The molecule has 0 unspecified atom stereocenters. The highest BCUT2D eigenvalue weighted by molar-refractivity contribution is 9.10. The van der Waals surface area contributed by atoms with Crippen LogP contribution in [-0.4, -0.2) is 25.1 Å². The summed E-state index contributed by atoms with van der Waals surface area (Å²) in [5.41, 5.74) is 1.31. The Morgan fingerprint density at radius 2 is 1.89 bits per heavy atom.